The standard InChI is InChI=1S/C22H13ClN2O4S2/c23-15-8-10-17(11-9-15)31(27,28)29-16-5-3-4-14(12-16)13-20-21(26)25-19-7-2-1-6-18(19)24-22(25)30-20/h1-13H/b20-13-. The van der Waals surface area contributed by atoms with Gasteiger partial charge in [-0.1, -0.05) is 47.2 Å². The maximum atomic E-state index is 12.9. The Kier molecular flexibility index (Phi) is 4.77. The van der Waals surface area contributed by atoms with Crippen molar-refractivity contribution in [2.24, 2.45) is 0 Å². The summed E-state index contributed by atoms with van der Waals surface area (Å²) >= 11 is 7.09. The lowest BCUT2D eigenvalue weighted by atomic mass is 10.2. The van der Waals surface area contributed by atoms with E-state index in [0.717, 1.165) is 11.0 Å². The van der Waals surface area contributed by atoms with Crippen LogP contribution in [0.5, 0.6) is 5.75 Å². The van der Waals surface area contributed by atoms with Crippen molar-refractivity contribution >= 4 is 55.1 Å². The Morgan fingerprint density at radius 2 is 1.77 bits per heavy atom. The molecule has 154 valence electrons. The van der Waals surface area contributed by atoms with Crippen molar-refractivity contribution in [2.45, 2.75) is 4.90 Å². The second-order valence-electron chi connectivity index (χ2n) is 6.70. The van der Waals surface area contributed by atoms with Gasteiger partial charge in [0.15, 0.2) is 4.96 Å². The molecule has 0 unspecified atom stereocenters. The molecule has 0 atom stereocenters. The van der Waals surface area contributed by atoms with Crippen molar-refractivity contribution in [3.05, 3.63) is 98.3 Å². The molecule has 0 spiro atoms. The van der Waals surface area contributed by atoms with Gasteiger partial charge in [-0.2, -0.15) is 8.42 Å². The van der Waals surface area contributed by atoms with Crippen LogP contribution in [0.25, 0.3) is 22.1 Å². The number of fused-ring (bicyclic) bond motifs is 3. The van der Waals surface area contributed by atoms with Crippen LogP contribution >= 0.6 is 22.9 Å². The van der Waals surface area contributed by atoms with Crippen LogP contribution in [-0.4, -0.2) is 17.8 Å². The van der Waals surface area contributed by atoms with E-state index in [9.17, 15) is 13.2 Å². The maximum Gasteiger partial charge on any atom is 0.339 e. The number of hydrogen-bond donors (Lipinski definition) is 0. The number of halogens is 1. The summed E-state index contributed by atoms with van der Waals surface area (Å²) in [6, 6.07) is 19.7. The molecular weight excluding hydrogens is 456 g/mol. The van der Waals surface area contributed by atoms with Gasteiger partial charge in [0.25, 0.3) is 5.56 Å². The van der Waals surface area contributed by atoms with E-state index in [1.165, 1.54) is 41.7 Å². The first-order chi connectivity index (χ1) is 14.9. The molecule has 0 radical (unpaired) electrons. The summed E-state index contributed by atoms with van der Waals surface area (Å²) in [5, 5.41) is 0.430. The third-order valence-electron chi connectivity index (χ3n) is 4.61. The van der Waals surface area contributed by atoms with Gasteiger partial charge < -0.3 is 4.18 Å². The lowest BCUT2D eigenvalue weighted by molar-refractivity contribution is 0.486. The molecule has 0 saturated carbocycles. The monoisotopic (exact) mass is 468 g/mol. The van der Waals surface area contributed by atoms with Gasteiger partial charge in [-0.15, -0.1) is 0 Å². The van der Waals surface area contributed by atoms with E-state index in [2.05, 4.69) is 4.98 Å². The van der Waals surface area contributed by atoms with Crippen LogP contribution < -0.4 is 14.3 Å². The average Bonchev–Trinajstić information content (AvgIpc) is 3.24. The number of imidazole rings is 1. The van der Waals surface area contributed by atoms with Crippen LogP contribution in [-0.2, 0) is 10.1 Å². The quantitative estimate of drug-likeness (QED) is 0.374. The summed E-state index contributed by atoms with van der Waals surface area (Å²) in [7, 11) is -4.01. The van der Waals surface area contributed by atoms with E-state index in [4.69, 9.17) is 15.8 Å². The molecule has 0 amide bonds. The second-order valence-corrected chi connectivity index (χ2v) is 9.69. The SMILES string of the molecule is O=c1/c(=C/c2cccc(OS(=O)(=O)c3ccc(Cl)cc3)c2)sc2nc3ccccc3n12. The molecule has 31 heavy (non-hydrogen) atoms. The predicted molar refractivity (Wildman–Crippen MR) is 121 cm³/mol. The number of rotatable bonds is 4. The van der Waals surface area contributed by atoms with Crippen LogP contribution in [0.2, 0.25) is 5.02 Å². The number of benzene rings is 3. The first kappa shape index (κ1) is 19.7. The zero-order chi connectivity index (χ0) is 21.6. The molecule has 0 aliphatic carbocycles. The molecule has 0 N–H and O–H groups in total. The van der Waals surface area contributed by atoms with E-state index < -0.39 is 10.1 Å². The molecule has 0 fully saturated rings. The molecule has 6 nitrogen and oxygen atoms in total. The topological polar surface area (TPSA) is 77.7 Å². The van der Waals surface area contributed by atoms with Gasteiger partial charge in [0.05, 0.1) is 15.6 Å². The first-order valence-corrected chi connectivity index (χ1v) is 11.7. The van der Waals surface area contributed by atoms with Gasteiger partial charge in [-0.25, -0.2) is 9.38 Å². The lowest BCUT2D eigenvalue weighted by Crippen LogP contribution is -2.22. The largest absolute Gasteiger partial charge is 0.379 e. The van der Waals surface area contributed by atoms with Gasteiger partial charge in [0, 0.05) is 5.02 Å². The Balaban J connectivity index is 1.52. The molecule has 5 aromatic rings. The molecule has 5 rings (SSSR count). The Hall–Kier alpha value is -3.20. The highest BCUT2D eigenvalue weighted by molar-refractivity contribution is 7.87. The Labute approximate surface area is 185 Å². The fraction of sp³-hybridized carbons (Fsp3) is 0. The Morgan fingerprint density at radius 3 is 2.58 bits per heavy atom. The number of nitrogens with zero attached hydrogens (tertiary/aromatic N) is 2. The predicted octanol–water partition coefficient (Wildman–Crippen LogP) is 3.88. The van der Waals surface area contributed by atoms with Crippen LogP contribution in [0, 0.1) is 0 Å². The average molecular weight is 469 g/mol. The van der Waals surface area contributed by atoms with Gasteiger partial charge >= 0.3 is 10.1 Å². The van der Waals surface area contributed by atoms with Crippen molar-refractivity contribution in [1.29, 1.82) is 0 Å². The Bertz CT molecular complexity index is 1660. The molecular formula is C22H13ClN2O4S2. The van der Waals surface area contributed by atoms with Gasteiger partial charge in [-0.05, 0) is 60.2 Å². The normalized spacial score (nSPS) is 12.6. The first-order valence-electron chi connectivity index (χ1n) is 9.13. The third kappa shape index (κ3) is 3.69. The summed E-state index contributed by atoms with van der Waals surface area (Å²) in [5.74, 6) is 0.142. The van der Waals surface area contributed by atoms with E-state index >= 15 is 0 Å². The summed E-state index contributed by atoms with van der Waals surface area (Å²) < 4.78 is 32.3. The zero-order valence-electron chi connectivity index (χ0n) is 15.7. The molecule has 9 heteroatoms. The van der Waals surface area contributed by atoms with Crippen molar-refractivity contribution in [3.8, 4) is 5.75 Å². The van der Waals surface area contributed by atoms with E-state index in [0.29, 0.717) is 20.1 Å². The smallest absolute Gasteiger partial charge is 0.339 e. The number of aromatic nitrogens is 2. The molecule has 0 bridgehead atoms. The van der Waals surface area contributed by atoms with E-state index in [1.807, 2.05) is 24.3 Å². The van der Waals surface area contributed by atoms with Crippen molar-refractivity contribution in [2.75, 3.05) is 0 Å². The fourth-order valence-corrected chi connectivity index (χ4v) is 5.23. The van der Waals surface area contributed by atoms with Crippen LogP contribution in [0.15, 0.2) is 82.5 Å². The summed E-state index contributed by atoms with van der Waals surface area (Å²) in [6.45, 7) is 0. The zero-order valence-corrected chi connectivity index (χ0v) is 18.1. The molecule has 0 aliphatic rings. The molecule has 3 aromatic carbocycles. The van der Waals surface area contributed by atoms with E-state index in [-0.39, 0.29) is 16.2 Å². The minimum atomic E-state index is -4.01. The Morgan fingerprint density at radius 1 is 1.00 bits per heavy atom. The molecule has 2 heterocycles. The van der Waals surface area contributed by atoms with Gasteiger partial charge in [-0.3, -0.25) is 4.79 Å². The lowest BCUT2D eigenvalue weighted by Gasteiger charge is -2.07. The molecule has 0 saturated heterocycles. The highest BCUT2D eigenvalue weighted by Crippen LogP contribution is 2.22. The highest BCUT2D eigenvalue weighted by Gasteiger charge is 2.17. The minimum absolute atomic E-state index is 0.000476. The number of hydrogen-bond acceptors (Lipinski definition) is 6. The van der Waals surface area contributed by atoms with Gasteiger partial charge in [0.2, 0.25) is 0 Å². The van der Waals surface area contributed by atoms with Crippen LogP contribution in [0.4, 0.5) is 0 Å². The van der Waals surface area contributed by atoms with Crippen LogP contribution in [0.3, 0.4) is 0 Å². The number of thiazole rings is 1. The summed E-state index contributed by atoms with van der Waals surface area (Å²) in [5.41, 5.74) is 1.98. The fourth-order valence-electron chi connectivity index (χ4n) is 3.20. The second kappa shape index (κ2) is 7.49. The number of para-hydroxylation sites is 2. The van der Waals surface area contributed by atoms with Crippen molar-refractivity contribution in [3.63, 3.8) is 0 Å². The molecule has 2 aromatic heterocycles. The van der Waals surface area contributed by atoms with Gasteiger partial charge in [0.1, 0.15) is 10.6 Å². The van der Waals surface area contributed by atoms with E-state index in [1.54, 1.807) is 28.7 Å². The minimum Gasteiger partial charge on any atom is -0.379 e. The summed E-state index contributed by atoms with van der Waals surface area (Å²) in [6.07, 6.45) is 1.69. The van der Waals surface area contributed by atoms with Crippen molar-refractivity contribution in [1.82, 2.24) is 9.38 Å². The maximum absolute atomic E-state index is 12.9. The third-order valence-corrected chi connectivity index (χ3v) is 7.09. The van der Waals surface area contributed by atoms with Crippen LogP contribution in [0.1, 0.15) is 5.56 Å². The highest BCUT2D eigenvalue weighted by atomic mass is 35.5. The molecule has 0 aliphatic heterocycles. The van der Waals surface area contributed by atoms with Crippen molar-refractivity contribution < 1.29 is 12.6 Å². The summed E-state index contributed by atoms with van der Waals surface area (Å²) in [4.78, 5) is 18.0.